The minimum absolute atomic E-state index is 0.103. The summed E-state index contributed by atoms with van der Waals surface area (Å²) in [6.07, 6.45) is 18.9. The van der Waals surface area contributed by atoms with E-state index in [1.54, 1.807) is 18.6 Å². The van der Waals surface area contributed by atoms with E-state index in [1.807, 2.05) is 12.1 Å². The van der Waals surface area contributed by atoms with Gasteiger partial charge in [-0.05, 0) is 111 Å². The summed E-state index contributed by atoms with van der Waals surface area (Å²) >= 11 is 0. The van der Waals surface area contributed by atoms with E-state index < -0.39 is 0 Å². The summed E-state index contributed by atoms with van der Waals surface area (Å²) in [6, 6.07) is 7.31. The van der Waals surface area contributed by atoms with E-state index in [9.17, 15) is 4.39 Å². The Kier molecular flexibility index (Phi) is 6.56. The highest BCUT2D eigenvalue weighted by atomic mass is 19.1. The molecule has 0 N–H and O–H groups in total. The Bertz CT molecular complexity index is 568. The van der Waals surface area contributed by atoms with Crippen molar-refractivity contribution in [2.24, 2.45) is 29.6 Å². The molecule has 3 fully saturated rings. The van der Waals surface area contributed by atoms with Crippen molar-refractivity contribution >= 4 is 0 Å². The maximum Gasteiger partial charge on any atom is 0.123 e. The fraction of sp³-hybridized carbons (Fsp3) is 0.769. The van der Waals surface area contributed by atoms with Gasteiger partial charge >= 0.3 is 0 Å². The van der Waals surface area contributed by atoms with Gasteiger partial charge in [0.2, 0.25) is 0 Å². The Morgan fingerprint density at radius 2 is 1.33 bits per heavy atom. The minimum Gasteiger partial charge on any atom is -0.207 e. The van der Waals surface area contributed by atoms with Crippen LogP contribution in [-0.2, 0) is 0 Å². The van der Waals surface area contributed by atoms with Gasteiger partial charge in [0.15, 0.2) is 0 Å². The third-order valence-corrected chi connectivity index (χ3v) is 8.51. The van der Waals surface area contributed by atoms with Gasteiger partial charge in [-0.15, -0.1) is 0 Å². The number of benzene rings is 1. The second-order valence-electron chi connectivity index (χ2n) is 10.1. The Hall–Kier alpha value is -0.850. The first-order valence-electron chi connectivity index (χ1n) is 12.0. The molecule has 0 aromatic heterocycles. The summed E-state index contributed by atoms with van der Waals surface area (Å²) in [7, 11) is 0. The van der Waals surface area contributed by atoms with Gasteiger partial charge in [0.05, 0.1) is 0 Å². The molecule has 4 unspecified atom stereocenters. The average Bonchev–Trinajstić information content (AvgIpc) is 2.72. The summed E-state index contributed by atoms with van der Waals surface area (Å²) < 4.78 is 13.2. The molecule has 4 atom stereocenters. The number of hydrogen-bond donors (Lipinski definition) is 0. The molecule has 3 saturated carbocycles. The first-order valence-corrected chi connectivity index (χ1v) is 12.0. The minimum atomic E-state index is -0.103. The van der Waals surface area contributed by atoms with Crippen LogP contribution in [0.5, 0.6) is 0 Å². The molecule has 0 saturated heterocycles. The monoisotopic (exact) mass is 370 g/mol. The van der Waals surface area contributed by atoms with Crippen molar-refractivity contribution in [1.29, 1.82) is 0 Å². The summed E-state index contributed by atoms with van der Waals surface area (Å²) in [5.74, 6) is 5.71. The van der Waals surface area contributed by atoms with Gasteiger partial charge in [-0.1, -0.05) is 44.7 Å². The Morgan fingerprint density at radius 3 is 2.04 bits per heavy atom. The van der Waals surface area contributed by atoms with Crippen molar-refractivity contribution in [2.45, 2.75) is 96.3 Å². The molecule has 0 nitrogen and oxygen atoms in total. The molecule has 0 amide bonds. The van der Waals surface area contributed by atoms with Crippen LogP contribution >= 0.6 is 0 Å². The third-order valence-electron chi connectivity index (χ3n) is 8.51. The molecular weight excluding hydrogens is 331 g/mol. The molecule has 0 aliphatic heterocycles. The van der Waals surface area contributed by atoms with Crippen molar-refractivity contribution in [3.8, 4) is 0 Å². The molecule has 1 aromatic carbocycles. The van der Waals surface area contributed by atoms with Crippen LogP contribution in [0.2, 0.25) is 0 Å². The van der Waals surface area contributed by atoms with Gasteiger partial charge in [-0.3, -0.25) is 0 Å². The molecule has 27 heavy (non-hydrogen) atoms. The molecule has 3 aliphatic rings. The zero-order chi connectivity index (χ0) is 18.6. The first-order chi connectivity index (χ1) is 13.2. The highest BCUT2D eigenvalue weighted by molar-refractivity contribution is 5.21. The lowest BCUT2D eigenvalue weighted by Gasteiger charge is -2.45. The smallest absolute Gasteiger partial charge is 0.123 e. The van der Waals surface area contributed by atoms with Crippen LogP contribution < -0.4 is 0 Å². The van der Waals surface area contributed by atoms with Crippen molar-refractivity contribution in [3.63, 3.8) is 0 Å². The second-order valence-corrected chi connectivity index (χ2v) is 10.1. The van der Waals surface area contributed by atoms with Crippen molar-refractivity contribution in [1.82, 2.24) is 0 Å². The van der Waals surface area contributed by atoms with Gasteiger partial charge in [-0.25, -0.2) is 4.39 Å². The molecule has 0 bridgehead atoms. The van der Waals surface area contributed by atoms with E-state index >= 15 is 0 Å². The Labute approximate surface area is 166 Å². The summed E-state index contributed by atoms with van der Waals surface area (Å²) in [6.45, 7) is 2.33. The van der Waals surface area contributed by atoms with Crippen molar-refractivity contribution < 1.29 is 4.39 Å². The second kappa shape index (κ2) is 9.10. The lowest BCUT2D eigenvalue weighted by Crippen LogP contribution is -2.34. The summed E-state index contributed by atoms with van der Waals surface area (Å²) in [5, 5.41) is 0. The van der Waals surface area contributed by atoms with E-state index in [4.69, 9.17) is 0 Å². The number of fused-ring (bicyclic) bond motifs is 1. The predicted molar refractivity (Wildman–Crippen MR) is 112 cm³/mol. The fourth-order valence-electron chi connectivity index (χ4n) is 6.86. The Morgan fingerprint density at radius 1 is 0.741 bits per heavy atom. The van der Waals surface area contributed by atoms with E-state index in [-0.39, 0.29) is 5.82 Å². The highest BCUT2D eigenvalue weighted by Gasteiger charge is 2.38. The maximum absolute atomic E-state index is 13.2. The number of unbranched alkanes of at least 4 members (excludes halogenated alkanes) is 1. The van der Waals surface area contributed by atoms with Gasteiger partial charge in [-0.2, -0.15) is 0 Å². The average molecular weight is 371 g/mol. The molecular formula is C26H39F. The van der Waals surface area contributed by atoms with Crippen LogP contribution in [0.4, 0.5) is 4.39 Å². The first kappa shape index (κ1) is 19.5. The third kappa shape index (κ3) is 4.77. The van der Waals surface area contributed by atoms with Crippen molar-refractivity contribution in [3.05, 3.63) is 35.6 Å². The molecule has 4 rings (SSSR count). The van der Waals surface area contributed by atoms with E-state index in [1.165, 1.54) is 82.6 Å². The van der Waals surface area contributed by atoms with E-state index in [0.29, 0.717) is 5.92 Å². The SMILES string of the molecule is CCCCC1CCC2CC(C3CCC(c4ccc(F)cc4)CC3)CCC2C1. The van der Waals surface area contributed by atoms with Crippen LogP contribution in [0.1, 0.15) is 102 Å². The molecule has 1 aromatic rings. The van der Waals surface area contributed by atoms with Crippen LogP contribution in [0.15, 0.2) is 24.3 Å². The van der Waals surface area contributed by atoms with E-state index in [2.05, 4.69) is 6.92 Å². The van der Waals surface area contributed by atoms with Crippen molar-refractivity contribution in [2.75, 3.05) is 0 Å². The fourth-order valence-corrected chi connectivity index (χ4v) is 6.86. The highest BCUT2D eigenvalue weighted by Crippen LogP contribution is 2.50. The molecule has 0 heterocycles. The molecule has 0 radical (unpaired) electrons. The normalized spacial score (nSPS) is 37.0. The van der Waals surface area contributed by atoms with Gasteiger partial charge in [0, 0.05) is 0 Å². The number of halogens is 1. The Balaban J connectivity index is 1.25. The predicted octanol–water partition coefficient (Wildman–Crippen LogP) is 8.12. The van der Waals surface area contributed by atoms with Gasteiger partial charge in [0.1, 0.15) is 5.82 Å². The van der Waals surface area contributed by atoms with Crippen LogP contribution in [-0.4, -0.2) is 0 Å². The topological polar surface area (TPSA) is 0 Å². The molecule has 0 spiro atoms. The quantitative estimate of drug-likeness (QED) is 0.491. The zero-order valence-electron chi connectivity index (χ0n) is 17.3. The molecule has 1 heteroatoms. The number of rotatable bonds is 5. The number of hydrogen-bond acceptors (Lipinski definition) is 0. The maximum atomic E-state index is 13.2. The molecule has 3 aliphatic carbocycles. The summed E-state index contributed by atoms with van der Waals surface area (Å²) in [4.78, 5) is 0. The van der Waals surface area contributed by atoms with Crippen LogP contribution in [0.3, 0.4) is 0 Å². The van der Waals surface area contributed by atoms with Crippen LogP contribution in [0.25, 0.3) is 0 Å². The van der Waals surface area contributed by atoms with Gasteiger partial charge < -0.3 is 0 Å². The summed E-state index contributed by atoms with van der Waals surface area (Å²) in [5.41, 5.74) is 1.36. The zero-order valence-corrected chi connectivity index (χ0v) is 17.3. The largest absolute Gasteiger partial charge is 0.207 e. The lowest BCUT2D eigenvalue weighted by molar-refractivity contribution is 0.0614. The standard InChI is InChI=1S/C26H39F/c1-2-3-4-19-5-6-25-18-24(12-11-23(25)17-19)22-9-7-20(8-10-22)21-13-15-26(27)16-14-21/h13-16,19-20,22-25H,2-12,17-18H2,1H3. The van der Waals surface area contributed by atoms with Crippen LogP contribution in [0, 0.1) is 35.4 Å². The molecule has 150 valence electrons. The lowest BCUT2D eigenvalue weighted by atomic mass is 9.60. The van der Waals surface area contributed by atoms with E-state index in [0.717, 1.165) is 29.6 Å². The van der Waals surface area contributed by atoms with Gasteiger partial charge in [0.25, 0.3) is 0 Å².